The van der Waals surface area contributed by atoms with Crippen molar-refractivity contribution in [2.24, 2.45) is 5.92 Å². The summed E-state index contributed by atoms with van der Waals surface area (Å²) in [6, 6.07) is 6.11. The number of thiazole rings is 1. The van der Waals surface area contributed by atoms with Gasteiger partial charge < -0.3 is 10.2 Å². The van der Waals surface area contributed by atoms with Crippen molar-refractivity contribution in [1.82, 2.24) is 10.3 Å². The first-order chi connectivity index (χ1) is 11.5. The minimum absolute atomic E-state index is 0.107. The number of amides is 2. The van der Waals surface area contributed by atoms with E-state index in [-0.39, 0.29) is 30.5 Å². The smallest absolute Gasteiger partial charge is 0.227 e. The molecule has 0 saturated carbocycles. The van der Waals surface area contributed by atoms with Gasteiger partial charge in [0.1, 0.15) is 5.82 Å². The largest absolute Gasteiger partial charge is 0.355 e. The second-order valence-electron chi connectivity index (χ2n) is 5.76. The van der Waals surface area contributed by atoms with Crippen LogP contribution >= 0.6 is 11.3 Å². The number of hydrogen-bond donors (Lipinski definition) is 1. The lowest BCUT2D eigenvalue weighted by Gasteiger charge is -2.17. The highest BCUT2D eigenvalue weighted by atomic mass is 32.1. The zero-order valence-electron chi connectivity index (χ0n) is 13.3. The number of anilines is 1. The van der Waals surface area contributed by atoms with Crippen molar-refractivity contribution in [3.63, 3.8) is 0 Å². The maximum atomic E-state index is 13.8. The van der Waals surface area contributed by atoms with Gasteiger partial charge in [-0.3, -0.25) is 9.59 Å². The van der Waals surface area contributed by atoms with E-state index in [1.54, 1.807) is 29.5 Å². The van der Waals surface area contributed by atoms with Crippen LogP contribution in [0.5, 0.6) is 0 Å². The van der Waals surface area contributed by atoms with E-state index in [1.165, 1.54) is 11.0 Å². The molecule has 1 aromatic carbocycles. The molecule has 24 heavy (non-hydrogen) atoms. The summed E-state index contributed by atoms with van der Waals surface area (Å²) >= 11 is 1.58. The molecular formula is C17H18FN3O2S. The summed E-state index contributed by atoms with van der Waals surface area (Å²) in [6.45, 7) is 2.63. The highest BCUT2D eigenvalue weighted by molar-refractivity contribution is 7.09. The number of benzene rings is 1. The number of carbonyl (C=O) groups excluding carboxylic acids is 2. The van der Waals surface area contributed by atoms with E-state index >= 15 is 0 Å². The van der Waals surface area contributed by atoms with Gasteiger partial charge in [-0.05, 0) is 19.1 Å². The van der Waals surface area contributed by atoms with E-state index in [0.717, 1.165) is 10.7 Å². The zero-order chi connectivity index (χ0) is 17.1. The Morgan fingerprint density at radius 2 is 2.25 bits per heavy atom. The predicted molar refractivity (Wildman–Crippen MR) is 90.4 cm³/mol. The minimum atomic E-state index is -0.453. The van der Waals surface area contributed by atoms with Crippen LogP contribution < -0.4 is 10.2 Å². The fourth-order valence-corrected chi connectivity index (χ4v) is 3.41. The molecule has 7 heteroatoms. The molecule has 1 fully saturated rings. The zero-order valence-corrected chi connectivity index (χ0v) is 14.1. The second-order valence-corrected chi connectivity index (χ2v) is 6.82. The van der Waals surface area contributed by atoms with Crippen molar-refractivity contribution in [3.8, 4) is 0 Å². The van der Waals surface area contributed by atoms with Gasteiger partial charge in [0, 0.05) is 31.3 Å². The van der Waals surface area contributed by atoms with E-state index in [0.29, 0.717) is 13.0 Å². The first-order valence-electron chi connectivity index (χ1n) is 7.78. The maximum Gasteiger partial charge on any atom is 0.227 e. The van der Waals surface area contributed by atoms with E-state index in [4.69, 9.17) is 0 Å². The normalized spacial score (nSPS) is 17.3. The average molecular weight is 347 g/mol. The Morgan fingerprint density at radius 1 is 1.46 bits per heavy atom. The molecule has 1 atom stereocenters. The molecule has 2 aromatic rings. The predicted octanol–water partition coefficient (Wildman–Crippen LogP) is 2.30. The first-order valence-corrected chi connectivity index (χ1v) is 8.66. The molecule has 1 N–H and O–H groups in total. The SMILES string of the molecule is Cc1nc(CCNC(=O)[C@H]2CC(=O)N(c3ccccc3F)C2)cs1. The molecule has 0 bridgehead atoms. The third-order valence-electron chi connectivity index (χ3n) is 3.99. The number of hydrogen-bond acceptors (Lipinski definition) is 4. The van der Waals surface area contributed by atoms with Crippen LogP contribution in [-0.2, 0) is 16.0 Å². The summed E-state index contributed by atoms with van der Waals surface area (Å²) in [7, 11) is 0. The summed E-state index contributed by atoms with van der Waals surface area (Å²) in [5.74, 6) is -1.30. The van der Waals surface area contributed by atoms with Crippen molar-refractivity contribution in [2.75, 3.05) is 18.0 Å². The summed E-state index contributed by atoms with van der Waals surface area (Å²) in [4.78, 5) is 30.0. The van der Waals surface area contributed by atoms with Crippen LogP contribution in [0.2, 0.25) is 0 Å². The van der Waals surface area contributed by atoms with Gasteiger partial charge in [0.2, 0.25) is 11.8 Å². The fraction of sp³-hybridized carbons (Fsp3) is 0.353. The molecule has 0 spiro atoms. The molecular weight excluding hydrogens is 329 g/mol. The topological polar surface area (TPSA) is 62.3 Å². The summed E-state index contributed by atoms with van der Waals surface area (Å²) in [6.07, 6.45) is 0.768. The number of para-hydroxylation sites is 1. The second kappa shape index (κ2) is 7.09. The molecule has 0 aliphatic carbocycles. The molecule has 5 nitrogen and oxygen atoms in total. The lowest BCUT2D eigenvalue weighted by atomic mass is 10.1. The number of nitrogens with one attached hydrogen (secondary N) is 1. The van der Waals surface area contributed by atoms with Crippen LogP contribution in [0.4, 0.5) is 10.1 Å². The first kappa shape index (κ1) is 16.6. The number of halogens is 1. The average Bonchev–Trinajstić information content (AvgIpc) is 3.14. The Bertz CT molecular complexity index is 762. The Kier molecular flexibility index (Phi) is 4.89. The molecule has 1 aliphatic heterocycles. The van der Waals surface area contributed by atoms with Gasteiger partial charge in [-0.2, -0.15) is 0 Å². The molecule has 126 valence electrons. The number of aromatic nitrogens is 1. The van der Waals surface area contributed by atoms with E-state index in [9.17, 15) is 14.0 Å². The number of rotatable bonds is 5. The lowest BCUT2D eigenvalue weighted by Crippen LogP contribution is -2.34. The minimum Gasteiger partial charge on any atom is -0.355 e. The third kappa shape index (κ3) is 3.62. The van der Waals surface area contributed by atoms with Crippen molar-refractivity contribution in [1.29, 1.82) is 0 Å². The fourth-order valence-electron chi connectivity index (χ4n) is 2.77. The molecule has 1 aromatic heterocycles. The highest BCUT2D eigenvalue weighted by Crippen LogP contribution is 2.27. The monoisotopic (exact) mass is 347 g/mol. The van der Waals surface area contributed by atoms with Crippen molar-refractivity contribution >= 4 is 28.8 Å². The molecule has 1 aliphatic rings. The van der Waals surface area contributed by atoms with Crippen molar-refractivity contribution < 1.29 is 14.0 Å². The number of carbonyl (C=O) groups is 2. The Labute approximate surface area is 143 Å². The van der Waals surface area contributed by atoms with Crippen LogP contribution in [0, 0.1) is 18.7 Å². The summed E-state index contributed by atoms with van der Waals surface area (Å²) in [5, 5.41) is 5.81. The van der Waals surface area contributed by atoms with Crippen molar-refractivity contribution in [3.05, 3.63) is 46.2 Å². The van der Waals surface area contributed by atoms with Crippen LogP contribution in [-0.4, -0.2) is 29.9 Å². The van der Waals surface area contributed by atoms with E-state index in [1.807, 2.05) is 12.3 Å². The molecule has 0 radical (unpaired) electrons. The molecule has 2 amide bonds. The Hall–Kier alpha value is -2.28. The molecule has 3 rings (SSSR count). The third-order valence-corrected chi connectivity index (χ3v) is 4.81. The lowest BCUT2D eigenvalue weighted by molar-refractivity contribution is -0.126. The highest BCUT2D eigenvalue weighted by Gasteiger charge is 2.35. The maximum absolute atomic E-state index is 13.8. The number of nitrogens with zero attached hydrogens (tertiary/aromatic N) is 2. The van der Waals surface area contributed by atoms with Gasteiger partial charge >= 0.3 is 0 Å². The van der Waals surface area contributed by atoms with Crippen LogP contribution in [0.15, 0.2) is 29.6 Å². The quantitative estimate of drug-likeness (QED) is 0.903. The van der Waals surface area contributed by atoms with Crippen LogP contribution in [0.1, 0.15) is 17.1 Å². The van der Waals surface area contributed by atoms with Gasteiger partial charge in [-0.25, -0.2) is 9.37 Å². The Balaban J connectivity index is 1.55. The number of aryl methyl sites for hydroxylation is 1. The van der Waals surface area contributed by atoms with Crippen LogP contribution in [0.3, 0.4) is 0 Å². The van der Waals surface area contributed by atoms with Gasteiger partial charge in [0.05, 0.1) is 22.3 Å². The van der Waals surface area contributed by atoms with Gasteiger partial charge in [-0.1, -0.05) is 12.1 Å². The summed E-state index contributed by atoms with van der Waals surface area (Å²) in [5.41, 5.74) is 1.18. The van der Waals surface area contributed by atoms with E-state index < -0.39 is 11.7 Å². The standard InChI is InChI=1S/C17H18FN3O2S/c1-11-20-13(10-24-11)6-7-19-17(23)12-8-16(22)21(9-12)15-5-3-2-4-14(15)18/h2-5,10,12H,6-9H2,1H3,(H,19,23)/t12-/m0/s1. The van der Waals surface area contributed by atoms with Crippen LogP contribution in [0.25, 0.3) is 0 Å². The molecule has 2 heterocycles. The molecule has 1 saturated heterocycles. The van der Waals surface area contributed by atoms with Crippen molar-refractivity contribution in [2.45, 2.75) is 19.8 Å². The van der Waals surface area contributed by atoms with Gasteiger partial charge in [-0.15, -0.1) is 11.3 Å². The van der Waals surface area contributed by atoms with Gasteiger partial charge in [0.15, 0.2) is 0 Å². The molecule has 0 unspecified atom stereocenters. The summed E-state index contributed by atoms with van der Waals surface area (Å²) < 4.78 is 13.8. The van der Waals surface area contributed by atoms with E-state index in [2.05, 4.69) is 10.3 Å². The van der Waals surface area contributed by atoms with Gasteiger partial charge in [0.25, 0.3) is 0 Å². The Morgan fingerprint density at radius 3 is 2.96 bits per heavy atom.